The molecule has 2 heterocycles. The second kappa shape index (κ2) is 7.52. The zero-order valence-electron chi connectivity index (χ0n) is 14.0. The molecule has 8 heteroatoms. The Labute approximate surface area is 150 Å². The van der Waals surface area contributed by atoms with E-state index >= 15 is 0 Å². The number of benzene rings is 1. The Kier molecular flexibility index (Phi) is 5.18. The molecule has 1 aromatic heterocycles. The van der Waals surface area contributed by atoms with Crippen LogP contribution in [0.15, 0.2) is 36.5 Å². The summed E-state index contributed by atoms with van der Waals surface area (Å²) in [6.45, 7) is 3.97. The van der Waals surface area contributed by atoms with Crippen molar-refractivity contribution in [1.82, 2.24) is 19.4 Å². The standard InChI is InChI=1S/C17H20N4O3S/c1-2-24-17(23)20-10-8-19(9-11-20)15(22)14-12-18-16(25)21(14)13-6-4-3-5-7-13/h3-7,12H,2,8-11H2,1H3,(H,18,25). The smallest absolute Gasteiger partial charge is 0.409 e. The third kappa shape index (κ3) is 3.58. The largest absolute Gasteiger partial charge is 0.450 e. The first kappa shape index (κ1) is 17.2. The van der Waals surface area contributed by atoms with E-state index in [0.717, 1.165) is 5.69 Å². The minimum atomic E-state index is -0.330. The van der Waals surface area contributed by atoms with Crippen molar-refractivity contribution >= 4 is 24.2 Å². The predicted molar refractivity (Wildman–Crippen MR) is 95.5 cm³/mol. The third-order valence-corrected chi connectivity index (χ3v) is 4.40. The normalized spacial score (nSPS) is 14.4. The number of para-hydroxylation sites is 1. The van der Waals surface area contributed by atoms with Gasteiger partial charge in [-0.25, -0.2) is 4.79 Å². The van der Waals surface area contributed by atoms with E-state index in [-0.39, 0.29) is 12.0 Å². The number of nitrogens with one attached hydrogen (secondary N) is 1. The molecule has 1 N–H and O–H groups in total. The third-order valence-electron chi connectivity index (χ3n) is 4.10. The summed E-state index contributed by atoms with van der Waals surface area (Å²) in [6, 6.07) is 9.51. The Morgan fingerprint density at radius 3 is 2.40 bits per heavy atom. The van der Waals surface area contributed by atoms with Gasteiger partial charge in [-0.2, -0.15) is 0 Å². The van der Waals surface area contributed by atoms with Gasteiger partial charge in [-0.1, -0.05) is 18.2 Å². The zero-order chi connectivity index (χ0) is 17.8. The van der Waals surface area contributed by atoms with Crippen molar-refractivity contribution in [3.8, 4) is 5.69 Å². The van der Waals surface area contributed by atoms with Gasteiger partial charge in [0, 0.05) is 38.1 Å². The molecule has 25 heavy (non-hydrogen) atoms. The first-order valence-electron chi connectivity index (χ1n) is 8.18. The van der Waals surface area contributed by atoms with Crippen molar-refractivity contribution in [3.05, 3.63) is 47.0 Å². The average molecular weight is 360 g/mol. The summed E-state index contributed by atoms with van der Waals surface area (Å²) >= 11 is 5.32. The SMILES string of the molecule is CCOC(=O)N1CCN(C(=O)c2c[nH]c(=S)n2-c2ccccc2)CC1. The van der Waals surface area contributed by atoms with E-state index in [1.807, 2.05) is 30.3 Å². The van der Waals surface area contributed by atoms with Crippen molar-refractivity contribution in [2.24, 2.45) is 0 Å². The van der Waals surface area contributed by atoms with Gasteiger partial charge in [0.25, 0.3) is 5.91 Å². The molecule has 0 radical (unpaired) electrons. The number of imidazole rings is 1. The van der Waals surface area contributed by atoms with Gasteiger partial charge in [0.15, 0.2) is 4.77 Å². The summed E-state index contributed by atoms with van der Waals surface area (Å²) in [6.07, 6.45) is 1.30. The van der Waals surface area contributed by atoms with Crippen LogP contribution in [-0.2, 0) is 4.74 Å². The van der Waals surface area contributed by atoms with Gasteiger partial charge in [0.05, 0.1) is 6.61 Å². The van der Waals surface area contributed by atoms with Gasteiger partial charge in [0.2, 0.25) is 0 Å². The summed E-state index contributed by atoms with van der Waals surface area (Å²) in [5, 5.41) is 0. The molecule has 2 amide bonds. The number of amides is 2. The van der Waals surface area contributed by atoms with Crippen LogP contribution in [0.1, 0.15) is 17.4 Å². The van der Waals surface area contributed by atoms with Crippen LogP contribution in [0.25, 0.3) is 5.69 Å². The highest BCUT2D eigenvalue weighted by atomic mass is 32.1. The molecule has 1 aliphatic rings. The lowest BCUT2D eigenvalue weighted by atomic mass is 10.2. The first-order chi connectivity index (χ1) is 12.1. The molecular weight excluding hydrogens is 340 g/mol. The molecule has 1 aliphatic heterocycles. The Hall–Kier alpha value is -2.61. The van der Waals surface area contributed by atoms with Gasteiger partial charge in [-0.3, -0.25) is 9.36 Å². The van der Waals surface area contributed by atoms with Crippen molar-refractivity contribution in [1.29, 1.82) is 0 Å². The minimum Gasteiger partial charge on any atom is -0.450 e. The Morgan fingerprint density at radius 1 is 1.12 bits per heavy atom. The van der Waals surface area contributed by atoms with Crippen LogP contribution in [0, 0.1) is 4.77 Å². The topological polar surface area (TPSA) is 70.6 Å². The van der Waals surface area contributed by atoms with Crippen molar-refractivity contribution in [2.75, 3.05) is 32.8 Å². The van der Waals surface area contributed by atoms with E-state index in [0.29, 0.717) is 43.3 Å². The lowest BCUT2D eigenvalue weighted by molar-refractivity contribution is 0.0564. The van der Waals surface area contributed by atoms with E-state index in [9.17, 15) is 9.59 Å². The molecule has 1 saturated heterocycles. The van der Waals surface area contributed by atoms with Gasteiger partial charge >= 0.3 is 6.09 Å². The molecule has 0 spiro atoms. The average Bonchev–Trinajstić information content (AvgIpc) is 3.03. The number of hydrogen-bond acceptors (Lipinski definition) is 4. The fraction of sp³-hybridized carbons (Fsp3) is 0.353. The van der Waals surface area contributed by atoms with E-state index in [2.05, 4.69) is 4.98 Å². The number of aromatic nitrogens is 2. The number of rotatable bonds is 3. The molecule has 0 atom stereocenters. The summed E-state index contributed by atoms with van der Waals surface area (Å²) in [4.78, 5) is 31.0. The maximum Gasteiger partial charge on any atom is 0.409 e. The monoisotopic (exact) mass is 360 g/mol. The zero-order valence-corrected chi connectivity index (χ0v) is 14.8. The van der Waals surface area contributed by atoms with Gasteiger partial charge in [-0.15, -0.1) is 0 Å². The molecule has 0 aliphatic carbocycles. The maximum atomic E-state index is 12.9. The Morgan fingerprint density at radius 2 is 1.76 bits per heavy atom. The maximum absolute atomic E-state index is 12.9. The summed E-state index contributed by atoms with van der Waals surface area (Å²) < 4.78 is 7.21. The molecule has 0 unspecified atom stereocenters. The quantitative estimate of drug-likeness (QED) is 0.854. The van der Waals surface area contributed by atoms with Gasteiger partial charge < -0.3 is 19.5 Å². The highest BCUT2D eigenvalue weighted by Gasteiger charge is 2.27. The van der Waals surface area contributed by atoms with E-state index in [1.165, 1.54) is 0 Å². The van der Waals surface area contributed by atoms with Crippen LogP contribution in [0.3, 0.4) is 0 Å². The highest BCUT2D eigenvalue weighted by Crippen LogP contribution is 2.16. The van der Waals surface area contributed by atoms with Crippen molar-refractivity contribution in [2.45, 2.75) is 6.92 Å². The number of hydrogen-bond donors (Lipinski definition) is 1. The molecule has 2 aromatic rings. The second-order valence-electron chi connectivity index (χ2n) is 5.63. The summed E-state index contributed by atoms with van der Waals surface area (Å²) in [5.41, 5.74) is 1.32. The fourth-order valence-electron chi connectivity index (χ4n) is 2.83. The molecule has 3 rings (SSSR count). The minimum absolute atomic E-state index is 0.111. The molecule has 0 saturated carbocycles. The lowest BCUT2D eigenvalue weighted by Crippen LogP contribution is -2.51. The Balaban J connectivity index is 1.75. The van der Waals surface area contributed by atoms with Crippen LogP contribution < -0.4 is 0 Å². The molecule has 7 nitrogen and oxygen atoms in total. The van der Waals surface area contributed by atoms with Crippen molar-refractivity contribution in [3.63, 3.8) is 0 Å². The van der Waals surface area contributed by atoms with E-state index < -0.39 is 0 Å². The van der Waals surface area contributed by atoms with Crippen LogP contribution in [-0.4, -0.2) is 64.1 Å². The van der Waals surface area contributed by atoms with Crippen LogP contribution >= 0.6 is 12.2 Å². The number of H-pyrrole nitrogens is 1. The molecule has 1 aromatic carbocycles. The summed E-state index contributed by atoms with van der Waals surface area (Å²) in [7, 11) is 0. The number of aromatic amines is 1. The summed E-state index contributed by atoms with van der Waals surface area (Å²) in [5.74, 6) is -0.111. The van der Waals surface area contributed by atoms with Crippen molar-refractivity contribution < 1.29 is 14.3 Å². The molecule has 0 bridgehead atoms. The first-order valence-corrected chi connectivity index (χ1v) is 8.59. The Bertz CT molecular complexity index is 807. The molecule has 1 fully saturated rings. The number of nitrogens with zero attached hydrogens (tertiary/aromatic N) is 3. The number of carbonyl (C=O) groups is 2. The second-order valence-corrected chi connectivity index (χ2v) is 6.01. The van der Waals surface area contributed by atoms with Gasteiger partial charge in [-0.05, 0) is 31.3 Å². The van der Waals surface area contributed by atoms with Crippen LogP contribution in [0.5, 0.6) is 0 Å². The lowest BCUT2D eigenvalue weighted by Gasteiger charge is -2.34. The number of carbonyl (C=O) groups excluding carboxylic acids is 2. The van der Waals surface area contributed by atoms with E-state index in [1.54, 1.807) is 27.5 Å². The number of piperazine rings is 1. The van der Waals surface area contributed by atoms with Crippen LogP contribution in [0.2, 0.25) is 0 Å². The van der Waals surface area contributed by atoms with Crippen LogP contribution in [0.4, 0.5) is 4.79 Å². The van der Waals surface area contributed by atoms with Gasteiger partial charge in [0.1, 0.15) is 5.69 Å². The number of ether oxygens (including phenoxy) is 1. The predicted octanol–water partition coefficient (Wildman–Crippen LogP) is 2.45. The molecule has 132 valence electrons. The fourth-order valence-corrected chi connectivity index (χ4v) is 3.09. The molecular formula is C17H20N4O3S. The van der Waals surface area contributed by atoms with E-state index in [4.69, 9.17) is 17.0 Å². The highest BCUT2D eigenvalue weighted by molar-refractivity contribution is 7.71.